The van der Waals surface area contributed by atoms with Crippen LogP contribution in [0.2, 0.25) is 0 Å². The van der Waals surface area contributed by atoms with E-state index in [1.54, 1.807) is 24.3 Å². The van der Waals surface area contributed by atoms with Crippen molar-refractivity contribution in [1.82, 2.24) is 9.97 Å². The fraction of sp³-hybridized carbons (Fsp3) is 0.333. The van der Waals surface area contributed by atoms with Crippen LogP contribution in [0.1, 0.15) is 12.1 Å². The summed E-state index contributed by atoms with van der Waals surface area (Å²) in [4.78, 5) is 7.66. The Morgan fingerprint density at radius 1 is 1.17 bits per heavy atom. The molecule has 0 unspecified atom stereocenters. The van der Waals surface area contributed by atoms with Gasteiger partial charge in [0, 0.05) is 12.1 Å². The van der Waals surface area contributed by atoms with E-state index in [2.05, 4.69) is 15.3 Å². The molecule has 0 atom stereocenters. The molecule has 0 aliphatic heterocycles. The van der Waals surface area contributed by atoms with Gasteiger partial charge in [-0.15, -0.1) is 0 Å². The Balaban J connectivity index is 2.38. The number of ether oxygens (including phenoxy) is 1. The smallest absolute Gasteiger partial charge is 0.433 e. The van der Waals surface area contributed by atoms with Gasteiger partial charge in [0.05, 0.1) is 12.8 Å². The van der Waals surface area contributed by atoms with E-state index in [-0.39, 0.29) is 11.6 Å². The molecule has 1 aromatic carbocycles. The summed E-state index contributed by atoms with van der Waals surface area (Å²) < 4.78 is 44.1. The number of hydrogen-bond acceptors (Lipinski definition) is 5. The predicted molar refractivity (Wildman–Crippen MR) is 81.2 cm³/mol. The van der Waals surface area contributed by atoms with E-state index in [0.717, 1.165) is 6.07 Å². The molecule has 124 valence electrons. The van der Waals surface area contributed by atoms with E-state index in [4.69, 9.17) is 10.5 Å². The molecule has 2 aromatic rings. The second-order valence-electron chi connectivity index (χ2n) is 4.76. The normalized spacial score (nSPS) is 11.3. The van der Waals surface area contributed by atoms with Crippen molar-refractivity contribution < 1.29 is 17.9 Å². The van der Waals surface area contributed by atoms with E-state index in [1.165, 1.54) is 7.11 Å². The molecule has 0 saturated heterocycles. The number of nitrogens with zero attached hydrogens (tertiary/aromatic N) is 2. The van der Waals surface area contributed by atoms with Crippen LogP contribution in [0, 0.1) is 0 Å². The van der Waals surface area contributed by atoms with E-state index in [1.807, 2.05) is 0 Å². The van der Waals surface area contributed by atoms with Crippen LogP contribution in [0.5, 0.6) is 5.75 Å². The molecule has 0 aliphatic carbocycles. The van der Waals surface area contributed by atoms with Gasteiger partial charge in [-0.1, -0.05) is 0 Å². The SMILES string of the molecule is COc1ccc(-c2cc(C(F)(F)F)nc(NCCCN)n2)cc1. The predicted octanol–water partition coefficient (Wildman–Crippen LogP) is 2.93. The van der Waals surface area contributed by atoms with Crippen LogP contribution in [0.15, 0.2) is 30.3 Å². The number of rotatable bonds is 6. The summed E-state index contributed by atoms with van der Waals surface area (Å²) >= 11 is 0. The topological polar surface area (TPSA) is 73.1 Å². The van der Waals surface area contributed by atoms with Crippen molar-refractivity contribution in [2.24, 2.45) is 5.73 Å². The molecule has 1 aromatic heterocycles. The minimum absolute atomic E-state index is 0.0703. The maximum absolute atomic E-state index is 13.0. The van der Waals surface area contributed by atoms with Crippen LogP contribution >= 0.6 is 0 Å². The van der Waals surface area contributed by atoms with Crippen LogP contribution in [0.3, 0.4) is 0 Å². The monoisotopic (exact) mass is 326 g/mol. The molecule has 0 saturated carbocycles. The van der Waals surface area contributed by atoms with E-state index < -0.39 is 11.9 Å². The highest BCUT2D eigenvalue weighted by molar-refractivity contribution is 5.62. The molecule has 1 heterocycles. The van der Waals surface area contributed by atoms with Crippen molar-refractivity contribution in [1.29, 1.82) is 0 Å². The van der Waals surface area contributed by atoms with Gasteiger partial charge in [0.15, 0.2) is 5.69 Å². The summed E-state index contributed by atoms with van der Waals surface area (Å²) in [5.74, 6) is 0.541. The third kappa shape index (κ3) is 4.56. The van der Waals surface area contributed by atoms with Gasteiger partial charge in [0.25, 0.3) is 0 Å². The Hall–Kier alpha value is -2.35. The lowest BCUT2D eigenvalue weighted by atomic mass is 10.1. The summed E-state index contributed by atoms with van der Waals surface area (Å²) in [6.45, 7) is 0.831. The molecule has 3 N–H and O–H groups in total. The van der Waals surface area contributed by atoms with Crippen molar-refractivity contribution in [2.75, 3.05) is 25.5 Å². The van der Waals surface area contributed by atoms with Crippen molar-refractivity contribution in [3.8, 4) is 17.0 Å². The van der Waals surface area contributed by atoms with Crippen LogP contribution in [0.25, 0.3) is 11.3 Å². The van der Waals surface area contributed by atoms with Gasteiger partial charge in [0.2, 0.25) is 5.95 Å². The van der Waals surface area contributed by atoms with E-state index >= 15 is 0 Å². The summed E-state index contributed by atoms with van der Waals surface area (Å²) in [6.07, 6.45) is -3.94. The third-order valence-electron chi connectivity index (χ3n) is 3.07. The third-order valence-corrected chi connectivity index (χ3v) is 3.07. The quantitative estimate of drug-likeness (QED) is 0.799. The molecular formula is C15H17F3N4O. The van der Waals surface area contributed by atoms with Crippen LogP contribution in [-0.2, 0) is 6.18 Å². The van der Waals surface area contributed by atoms with Gasteiger partial charge in [-0.05, 0) is 43.3 Å². The summed E-state index contributed by atoms with van der Waals surface area (Å²) in [7, 11) is 1.51. The first-order chi connectivity index (χ1) is 10.9. The first kappa shape index (κ1) is 17.0. The zero-order valence-electron chi connectivity index (χ0n) is 12.5. The lowest BCUT2D eigenvalue weighted by molar-refractivity contribution is -0.141. The van der Waals surface area contributed by atoms with Gasteiger partial charge in [0.1, 0.15) is 5.75 Å². The molecular weight excluding hydrogens is 309 g/mol. The van der Waals surface area contributed by atoms with Crippen molar-refractivity contribution in [3.05, 3.63) is 36.0 Å². The molecule has 5 nitrogen and oxygen atoms in total. The number of aromatic nitrogens is 2. The Bertz CT molecular complexity index is 644. The summed E-state index contributed by atoms with van der Waals surface area (Å²) in [6, 6.07) is 7.53. The fourth-order valence-corrected chi connectivity index (χ4v) is 1.88. The second kappa shape index (κ2) is 7.28. The lowest BCUT2D eigenvalue weighted by Gasteiger charge is -2.12. The molecule has 2 rings (SSSR count). The number of nitrogens with one attached hydrogen (secondary N) is 1. The molecule has 0 spiro atoms. The van der Waals surface area contributed by atoms with Gasteiger partial charge < -0.3 is 15.8 Å². The van der Waals surface area contributed by atoms with Crippen molar-refractivity contribution >= 4 is 5.95 Å². The Kier molecular flexibility index (Phi) is 5.38. The van der Waals surface area contributed by atoms with Crippen molar-refractivity contribution in [3.63, 3.8) is 0 Å². The highest BCUT2D eigenvalue weighted by atomic mass is 19.4. The minimum Gasteiger partial charge on any atom is -0.497 e. The largest absolute Gasteiger partial charge is 0.497 e. The van der Waals surface area contributed by atoms with Crippen LogP contribution in [0.4, 0.5) is 19.1 Å². The molecule has 23 heavy (non-hydrogen) atoms. The van der Waals surface area contributed by atoms with Crippen LogP contribution < -0.4 is 15.8 Å². The Morgan fingerprint density at radius 3 is 2.43 bits per heavy atom. The second-order valence-corrected chi connectivity index (χ2v) is 4.76. The minimum atomic E-state index is -4.55. The number of anilines is 1. The molecule has 8 heteroatoms. The molecule has 0 aliphatic rings. The Morgan fingerprint density at radius 2 is 1.87 bits per heavy atom. The van der Waals surface area contributed by atoms with Gasteiger partial charge in [-0.3, -0.25) is 0 Å². The number of methoxy groups -OCH3 is 1. The molecule has 0 amide bonds. The number of nitrogens with two attached hydrogens (primary N) is 1. The number of alkyl halides is 3. The summed E-state index contributed by atoms with van der Waals surface area (Å²) in [5.41, 5.74) is 5.10. The zero-order chi connectivity index (χ0) is 16.9. The molecule has 0 radical (unpaired) electrons. The number of benzene rings is 1. The Labute approximate surface area is 131 Å². The van der Waals surface area contributed by atoms with E-state index in [0.29, 0.717) is 30.8 Å². The molecule has 0 bridgehead atoms. The maximum atomic E-state index is 13.0. The number of halogens is 3. The van der Waals surface area contributed by atoms with Crippen LogP contribution in [-0.4, -0.2) is 30.2 Å². The standard InChI is InChI=1S/C15H17F3N4O/c1-23-11-5-3-10(4-6-11)12-9-13(15(16,17)18)22-14(21-12)20-8-2-7-19/h3-6,9H,2,7-8,19H2,1H3,(H,20,21,22). The first-order valence-corrected chi connectivity index (χ1v) is 6.98. The van der Waals surface area contributed by atoms with Crippen molar-refractivity contribution in [2.45, 2.75) is 12.6 Å². The average Bonchev–Trinajstić information content (AvgIpc) is 2.54. The molecule has 0 fully saturated rings. The summed E-state index contributed by atoms with van der Waals surface area (Å²) in [5, 5.41) is 2.76. The lowest BCUT2D eigenvalue weighted by Crippen LogP contribution is -2.14. The fourth-order valence-electron chi connectivity index (χ4n) is 1.88. The average molecular weight is 326 g/mol. The van der Waals surface area contributed by atoms with E-state index in [9.17, 15) is 13.2 Å². The van der Waals surface area contributed by atoms with Gasteiger partial charge in [-0.25, -0.2) is 9.97 Å². The van der Waals surface area contributed by atoms with Gasteiger partial charge in [-0.2, -0.15) is 13.2 Å². The highest BCUT2D eigenvalue weighted by Gasteiger charge is 2.33. The maximum Gasteiger partial charge on any atom is 0.433 e. The zero-order valence-corrected chi connectivity index (χ0v) is 12.5. The van der Waals surface area contributed by atoms with Gasteiger partial charge >= 0.3 is 6.18 Å². The highest BCUT2D eigenvalue weighted by Crippen LogP contribution is 2.31. The first-order valence-electron chi connectivity index (χ1n) is 6.98. The number of hydrogen-bond donors (Lipinski definition) is 2.